The van der Waals surface area contributed by atoms with Gasteiger partial charge in [-0.2, -0.15) is 0 Å². The van der Waals surface area contributed by atoms with Gasteiger partial charge in [-0.25, -0.2) is 0 Å². The quantitative estimate of drug-likeness (QED) is 0.770. The third-order valence-electron chi connectivity index (χ3n) is 3.16. The van der Waals surface area contributed by atoms with Crippen molar-refractivity contribution in [2.24, 2.45) is 0 Å². The predicted octanol–water partition coefficient (Wildman–Crippen LogP) is 2.73. The van der Waals surface area contributed by atoms with Crippen molar-refractivity contribution < 1.29 is 9.31 Å². The number of halogens is 1. The van der Waals surface area contributed by atoms with E-state index in [1.165, 1.54) is 11.1 Å². The maximum Gasteiger partial charge on any atom is 0.494 e. The fourth-order valence-electron chi connectivity index (χ4n) is 2.22. The van der Waals surface area contributed by atoms with Crippen molar-refractivity contribution in [1.82, 2.24) is 0 Å². The molecule has 1 fully saturated rings. The first-order valence-corrected chi connectivity index (χ1v) is 6.63. The van der Waals surface area contributed by atoms with Crippen LogP contribution in [-0.2, 0) is 15.7 Å². The third-order valence-corrected chi connectivity index (χ3v) is 3.52. The fraction of sp³-hybridized carbons (Fsp3) is 0.538. The van der Waals surface area contributed by atoms with E-state index in [1.54, 1.807) is 0 Å². The van der Waals surface area contributed by atoms with E-state index in [0.717, 1.165) is 43.0 Å². The maximum atomic E-state index is 6.24. The summed E-state index contributed by atoms with van der Waals surface area (Å²) in [4.78, 5) is 0. The van der Waals surface area contributed by atoms with Crippen molar-refractivity contribution in [2.45, 2.75) is 33.1 Å². The van der Waals surface area contributed by atoms with E-state index in [2.05, 4.69) is 13.8 Å². The van der Waals surface area contributed by atoms with Gasteiger partial charge in [0.05, 0.1) is 0 Å². The monoisotopic (exact) mass is 252 g/mol. The molecule has 92 valence electrons. The molecule has 1 aliphatic heterocycles. The number of benzene rings is 1. The molecule has 2 nitrogen and oxygen atoms in total. The summed E-state index contributed by atoms with van der Waals surface area (Å²) in [5.74, 6) is 0. The molecule has 0 amide bonds. The molecule has 0 atom stereocenters. The van der Waals surface area contributed by atoms with Crippen LogP contribution in [0.5, 0.6) is 0 Å². The summed E-state index contributed by atoms with van der Waals surface area (Å²) in [6.45, 7) is 5.81. The molecule has 0 saturated carbocycles. The topological polar surface area (TPSA) is 18.5 Å². The molecular weight excluding hydrogens is 234 g/mol. The largest absolute Gasteiger partial charge is 0.494 e. The van der Waals surface area contributed by atoms with E-state index in [-0.39, 0.29) is 7.12 Å². The summed E-state index contributed by atoms with van der Waals surface area (Å²) in [6.07, 6.45) is 3.08. The van der Waals surface area contributed by atoms with Gasteiger partial charge in [-0.1, -0.05) is 31.0 Å². The Hall–Kier alpha value is -0.505. The second-order valence-corrected chi connectivity index (χ2v) is 4.82. The Kier molecular flexibility index (Phi) is 4.49. The van der Waals surface area contributed by atoms with Crippen LogP contribution >= 0.6 is 11.6 Å². The van der Waals surface area contributed by atoms with Gasteiger partial charge in [-0.3, -0.25) is 0 Å². The Morgan fingerprint density at radius 3 is 2.65 bits per heavy atom. The Bertz CT molecular complexity index is 389. The molecule has 0 N–H and O–H groups in total. The lowest BCUT2D eigenvalue weighted by Gasteiger charge is -2.22. The van der Waals surface area contributed by atoms with Crippen molar-refractivity contribution in [3.05, 3.63) is 28.3 Å². The average Bonchev–Trinajstić information content (AvgIpc) is 2.36. The summed E-state index contributed by atoms with van der Waals surface area (Å²) in [5.41, 5.74) is 3.56. The molecule has 17 heavy (non-hydrogen) atoms. The van der Waals surface area contributed by atoms with Crippen molar-refractivity contribution in [2.75, 3.05) is 13.2 Å². The zero-order valence-electron chi connectivity index (χ0n) is 10.5. The predicted molar refractivity (Wildman–Crippen MR) is 72.1 cm³/mol. The van der Waals surface area contributed by atoms with E-state index in [9.17, 15) is 0 Å². The first-order chi connectivity index (χ1) is 8.24. The van der Waals surface area contributed by atoms with E-state index in [1.807, 2.05) is 12.1 Å². The van der Waals surface area contributed by atoms with Crippen molar-refractivity contribution >= 4 is 24.2 Å². The molecule has 0 aliphatic carbocycles. The van der Waals surface area contributed by atoms with Gasteiger partial charge in [0.25, 0.3) is 0 Å². The standard InChI is InChI=1S/C13H18BClO2/c1-3-5-11-10(2)12(6-7-13(11)15)14-16-8-4-9-17-14/h6-7H,3-5,8-9H2,1-2H3. The van der Waals surface area contributed by atoms with Crippen LogP contribution in [0.4, 0.5) is 0 Å². The number of hydrogen-bond donors (Lipinski definition) is 0. The van der Waals surface area contributed by atoms with Gasteiger partial charge in [0.1, 0.15) is 0 Å². The van der Waals surface area contributed by atoms with E-state index in [4.69, 9.17) is 20.9 Å². The molecule has 1 aromatic rings. The van der Waals surface area contributed by atoms with Gasteiger partial charge < -0.3 is 9.31 Å². The Balaban J connectivity index is 2.30. The van der Waals surface area contributed by atoms with Crippen LogP contribution in [0.3, 0.4) is 0 Å². The minimum Gasteiger partial charge on any atom is -0.407 e. The Labute approximate surface area is 108 Å². The van der Waals surface area contributed by atoms with E-state index >= 15 is 0 Å². The summed E-state index contributed by atoms with van der Waals surface area (Å²) in [5, 5.41) is 0.851. The highest BCUT2D eigenvalue weighted by Gasteiger charge is 2.27. The fourth-order valence-corrected chi connectivity index (χ4v) is 2.52. The highest BCUT2D eigenvalue weighted by atomic mass is 35.5. The lowest BCUT2D eigenvalue weighted by atomic mass is 9.74. The van der Waals surface area contributed by atoms with Crippen molar-refractivity contribution in [1.29, 1.82) is 0 Å². The first kappa shape index (κ1) is 12.9. The minimum absolute atomic E-state index is 0.211. The average molecular weight is 253 g/mol. The van der Waals surface area contributed by atoms with Crippen LogP contribution in [-0.4, -0.2) is 20.3 Å². The second kappa shape index (κ2) is 5.90. The Morgan fingerprint density at radius 2 is 2.00 bits per heavy atom. The smallest absolute Gasteiger partial charge is 0.407 e. The molecule has 4 heteroatoms. The SMILES string of the molecule is CCCc1c(Cl)ccc(B2OCCCO2)c1C. The molecule has 1 saturated heterocycles. The molecule has 1 heterocycles. The van der Waals surface area contributed by atoms with Crippen molar-refractivity contribution in [3.8, 4) is 0 Å². The Morgan fingerprint density at radius 1 is 1.29 bits per heavy atom. The van der Waals surface area contributed by atoms with E-state index in [0.29, 0.717) is 0 Å². The number of rotatable bonds is 3. The second-order valence-electron chi connectivity index (χ2n) is 4.42. The molecule has 0 bridgehead atoms. The van der Waals surface area contributed by atoms with Gasteiger partial charge in [-0.15, -0.1) is 0 Å². The molecular formula is C13H18BClO2. The van der Waals surface area contributed by atoms with Crippen LogP contribution in [0.25, 0.3) is 0 Å². The van der Waals surface area contributed by atoms with Gasteiger partial charge in [-0.05, 0) is 42.4 Å². The normalized spacial score (nSPS) is 16.3. The highest BCUT2D eigenvalue weighted by molar-refractivity contribution is 6.62. The molecule has 0 aromatic heterocycles. The summed E-state index contributed by atoms with van der Waals surface area (Å²) >= 11 is 6.24. The molecule has 0 radical (unpaired) electrons. The molecule has 2 rings (SSSR count). The first-order valence-electron chi connectivity index (χ1n) is 6.25. The lowest BCUT2D eigenvalue weighted by Crippen LogP contribution is -2.42. The van der Waals surface area contributed by atoms with Gasteiger partial charge in [0.15, 0.2) is 0 Å². The summed E-state index contributed by atoms with van der Waals surface area (Å²) in [6, 6.07) is 3.98. The van der Waals surface area contributed by atoms with Crippen molar-refractivity contribution in [3.63, 3.8) is 0 Å². The summed E-state index contributed by atoms with van der Waals surface area (Å²) in [7, 11) is -0.211. The zero-order valence-corrected chi connectivity index (χ0v) is 11.2. The minimum atomic E-state index is -0.211. The molecule has 1 aromatic carbocycles. The van der Waals surface area contributed by atoms with Gasteiger partial charge in [0, 0.05) is 18.2 Å². The third kappa shape index (κ3) is 2.84. The van der Waals surface area contributed by atoms with Crippen LogP contribution in [0.2, 0.25) is 5.02 Å². The van der Waals surface area contributed by atoms with Crippen LogP contribution in [0.15, 0.2) is 12.1 Å². The summed E-state index contributed by atoms with van der Waals surface area (Å²) < 4.78 is 11.3. The zero-order chi connectivity index (χ0) is 12.3. The van der Waals surface area contributed by atoms with E-state index < -0.39 is 0 Å². The van der Waals surface area contributed by atoms with Gasteiger partial charge in [0.2, 0.25) is 0 Å². The highest BCUT2D eigenvalue weighted by Crippen LogP contribution is 2.21. The van der Waals surface area contributed by atoms with Crippen LogP contribution in [0.1, 0.15) is 30.9 Å². The van der Waals surface area contributed by atoms with Crippen LogP contribution in [0, 0.1) is 6.92 Å². The number of hydrogen-bond acceptors (Lipinski definition) is 2. The maximum absolute atomic E-state index is 6.24. The molecule has 1 aliphatic rings. The molecule has 0 spiro atoms. The van der Waals surface area contributed by atoms with Crippen LogP contribution < -0.4 is 5.46 Å². The lowest BCUT2D eigenvalue weighted by molar-refractivity contribution is 0.143. The van der Waals surface area contributed by atoms with Gasteiger partial charge >= 0.3 is 7.12 Å². The molecule has 0 unspecified atom stereocenters.